The third-order valence-corrected chi connectivity index (χ3v) is 16.1. The minimum atomic E-state index is -0.533. The zero-order valence-corrected chi connectivity index (χ0v) is 52.2. The van der Waals surface area contributed by atoms with Crippen molar-refractivity contribution in [3.63, 3.8) is 0 Å². The molecule has 0 bridgehead atoms. The second kappa shape index (κ2) is 38.7. The van der Waals surface area contributed by atoms with Crippen LogP contribution in [0.1, 0.15) is 108 Å². The zero-order chi connectivity index (χ0) is 64.4. The number of hydrogen-bond donors (Lipinski definition) is 0. The van der Waals surface area contributed by atoms with E-state index in [0.29, 0.717) is 111 Å². The van der Waals surface area contributed by atoms with E-state index in [9.17, 15) is 33.6 Å². The molecule has 21 nitrogen and oxygen atoms in total. The Kier molecular flexibility index (Phi) is 29.7. The highest BCUT2D eigenvalue weighted by Crippen LogP contribution is 2.36. The van der Waals surface area contributed by atoms with Crippen molar-refractivity contribution in [3.05, 3.63) is 135 Å². The fourth-order valence-electron chi connectivity index (χ4n) is 9.91. The molecule has 2 aliphatic carbocycles. The van der Waals surface area contributed by atoms with Crippen LogP contribution in [0.25, 0.3) is 10.2 Å². The monoisotopic (exact) mass is 1270 g/mol. The van der Waals surface area contributed by atoms with Crippen LogP contribution in [0, 0.1) is 23.7 Å². The van der Waals surface area contributed by atoms with Gasteiger partial charge in [0.25, 0.3) is 0 Å². The Morgan fingerprint density at radius 3 is 1.35 bits per heavy atom. The van der Waals surface area contributed by atoms with Gasteiger partial charge in [-0.15, -0.1) is 0 Å². The Hall–Kier alpha value is -8.73. The molecule has 0 spiro atoms. The molecular formula is C69H81N3O18S. The van der Waals surface area contributed by atoms with Crippen molar-refractivity contribution < 1.29 is 85.7 Å². The number of rotatable bonds is 39. The van der Waals surface area contributed by atoms with Gasteiger partial charge in [0.2, 0.25) is 5.13 Å². The Morgan fingerprint density at radius 2 is 0.868 bits per heavy atom. The summed E-state index contributed by atoms with van der Waals surface area (Å²) in [7, 11) is 0. The Morgan fingerprint density at radius 1 is 0.462 bits per heavy atom. The number of esters is 7. The molecule has 486 valence electrons. The molecule has 1 aromatic heterocycles. The van der Waals surface area contributed by atoms with Gasteiger partial charge in [0, 0.05) is 23.8 Å². The smallest absolute Gasteiger partial charge is 0.330 e. The maximum atomic E-state index is 14.0. The van der Waals surface area contributed by atoms with E-state index in [-0.39, 0.29) is 63.0 Å². The van der Waals surface area contributed by atoms with Crippen LogP contribution in [0.4, 0.5) is 5.13 Å². The highest BCUT2D eigenvalue weighted by Gasteiger charge is 2.34. The van der Waals surface area contributed by atoms with Crippen molar-refractivity contribution in [2.24, 2.45) is 28.8 Å². The molecule has 0 saturated heterocycles. The third-order valence-electron chi connectivity index (χ3n) is 15.0. The average Bonchev–Trinajstić information content (AvgIpc) is 2.89. The average molecular weight is 1270 g/mol. The molecule has 4 aromatic carbocycles. The first-order valence-electron chi connectivity index (χ1n) is 31.0. The molecule has 0 amide bonds. The van der Waals surface area contributed by atoms with E-state index in [2.05, 4.69) is 19.7 Å². The lowest BCUT2D eigenvalue weighted by Gasteiger charge is -2.26. The Bertz CT molecular complexity index is 3170. The van der Waals surface area contributed by atoms with Crippen LogP contribution in [0.15, 0.2) is 134 Å². The molecule has 5 aromatic rings. The maximum Gasteiger partial charge on any atom is 0.330 e. The largest absolute Gasteiger partial charge is 0.494 e. The molecule has 2 aliphatic rings. The highest BCUT2D eigenvalue weighted by atomic mass is 32.1. The molecule has 2 saturated carbocycles. The van der Waals surface area contributed by atoms with Crippen LogP contribution in [0.3, 0.4) is 0 Å². The summed E-state index contributed by atoms with van der Waals surface area (Å²) in [6, 6.07) is 26.1. The first-order chi connectivity index (χ1) is 44.4. The molecular weight excluding hydrogens is 1190 g/mol. The number of benzene rings is 4. The van der Waals surface area contributed by atoms with Gasteiger partial charge in [-0.25, -0.2) is 24.4 Å². The van der Waals surface area contributed by atoms with E-state index in [1.54, 1.807) is 71.7 Å². The number of anilines is 1. The van der Waals surface area contributed by atoms with Crippen LogP contribution < -0.4 is 33.4 Å². The number of fused-ring (bicyclic) bond motifs is 1. The van der Waals surface area contributed by atoms with Gasteiger partial charge in [-0.2, -0.15) is 5.10 Å². The molecule has 91 heavy (non-hydrogen) atoms. The normalized spacial score (nSPS) is 16.2. The van der Waals surface area contributed by atoms with Crippen LogP contribution in [0.5, 0.6) is 34.5 Å². The van der Waals surface area contributed by atoms with Crippen molar-refractivity contribution in [2.75, 3.05) is 71.0 Å². The SMILES string of the molecule is C=CC(=O)OCCCCCCOc1ccc(OC(=O)C2CCC(C(=O)Oc3ccc(OC(=O)C4CCC(C(=O)Oc5ccc(OCCCCCCOC(=O)C=C)cc5)CC4)c(/C=N/N(CCOCCOCCOC(=O)C=C)c4nc5ccccc5s4)c3)CC2)cc1. The van der Waals surface area contributed by atoms with Gasteiger partial charge < -0.3 is 52.1 Å². The fourth-order valence-corrected chi connectivity index (χ4v) is 10.9. The lowest BCUT2D eigenvalue weighted by Crippen LogP contribution is -2.30. The summed E-state index contributed by atoms with van der Waals surface area (Å²) in [6.45, 7) is 13.1. The number of ether oxygens (including phenoxy) is 11. The summed E-state index contributed by atoms with van der Waals surface area (Å²) in [5.74, 6) is -2.52. The number of carbonyl (C=O) groups excluding carboxylic acids is 7. The van der Waals surface area contributed by atoms with E-state index in [4.69, 9.17) is 62.2 Å². The number of hydrazone groups is 1. The minimum Gasteiger partial charge on any atom is -0.494 e. The van der Waals surface area contributed by atoms with Gasteiger partial charge in [-0.05, 0) is 182 Å². The number of nitrogens with zero attached hydrogens (tertiary/aromatic N) is 3. The second-order valence-electron chi connectivity index (χ2n) is 21.6. The topological polar surface area (TPSA) is 250 Å². The Balaban J connectivity index is 0.933. The van der Waals surface area contributed by atoms with Crippen LogP contribution >= 0.6 is 11.3 Å². The van der Waals surface area contributed by atoms with Crippen molar-refractivity contribution in [2.45, 2.75) is 103 Å². The number of unbranched alkanes of at least 4 members (excludes halogenated alkanes) is 6. The number of hydrogen-bond acceptors (Lipinski definition) is 22. The number of aromatic nitrogens is 1. The van der Waals surface area contributed by atoms with Crippen molar-refractivity contribution >= 4 is 74.7 Å². The van der Waals surface area contributed by atoms with Crippen LogP contribution in [-0.2, 0) is 57.2 Å². The van der Waals surface area contributed by atoms with E-state index in [1.165, 1.54) is 17.6 Å². The van der Waals surface area contributed by atoms with Gasteiger partial charge in [-0.3, -0.25) is 19.2 Å². The quantitative estimate of drug-likeness (QED) is 0.00674. The first kappa shape index (κ1) is 69.7. The van der Waals surface area contributed by atoms with Gasteiger partial charge >= 0.3 is 41.8 Å². The van der Waals surface area contributed by atoms with Crippen molar-refractivity contribution in [1.29, 1.82) is 0 Å². The third kappa shape index (κ3) is 24.5. The number of para-hydroxylation sites is 1. The second-order valence-corrected chi connectivity index (χ2v) is 22.6. The summed E-state index contributed by atoms with van der Waals surface area (Å²) >= 11 is 1.43. The molecule has 0 N–H and O–H groups in total. The molecule has 2 fully saturated rings. The van der Waals surface area contributed by atoms with Gasteiger partial charge in [0.1, 0.15) is 41.1 Å². The molecule has 0 atom stereocenters. The van der Waals surface area contributed by atoms with E-state index >= 15 is 0 Å². The van der Waals surface area contributed by atoms with Gasteiger partial charge in [0.15, 0.2) is 0 Å². The standard InChI is InChI=1S/C69H81N3O18S/c1-4-62(73)84-40-15-9-7-13-38-82-54-27-31-56(32-28-54)87-65(76)49-19-21-51(22-20-49)67(78)89-58-35-36-60(53(47-58)48-70-72(69-71-59-17-11-12-18-61(59)91-69)37-42-80-43-44-81-45-46-86-64(75)6-3)90-68(79)52-25-23-50(24-26-52)66(77)88-57-33-29-55(30-34-57)83-39-14-8-10-16-41-85-63(74)5-2/h4-6,11-12,17-18,27-36,47-52H,1-3,7-10,13-16,19-26,37-46H2/b70-48+. The zero-order valence-electron chi connectivity index (χ0n) is 51.4. The molecule has 1 heterocycles. The number of carbonyl (C=O) groups is 7. The molecule has 0 aliphatic heterocycles. The van der Waals surface area contributed by atoms with Crippen molar-refractivity contribution in [3.8, 4) is 34.5 Å². The summed E-state index contributed by atoms with van der Waals surface area (Å²) in [4.78, 5) is 93.1. The predicted molar refractivity (Wildman–Crippen MR) is 340 cm³/mol. The molecule has 0 radical (unpaired) electrons. The molecule has 7 rings (SSSR count). The maximum absolute atomic E-state index is 14.0. The van der Waals surface area contributed by atoms with Crippen molar-refractivity contribution in [1.82, 2.24) is 4.98 Å². The summed E-state index contributed by atoms with van der Waals surface area (Å²) in [6.07, 6.45) is 15.0. The van der Waals surface area contributed by atoms with E-state index in [0.717, 1.165) is 79.8 Å². The molecule has 22 heteroatoms. The van der Waals surface area contributed by atoms with Gasteiger partial charge in [0.05, 0.1) is 99.5 Å². The van der Waals surface area contributed by atoms with Gasteiger partial charge in [-0.1, -0.05) is 43.2 Å². The Labute approximate surface area is 534 Å². The molecule has 0 unspecified atom stereocenters. The highest BCUT2D eigenvalue weighted by molar-refractivity contribution is 7.22. The lowest BCUT2D eigenvalue weighted by atomic mass is 9.82. The lowest BCUT2D eigenvalue weighted by molar-refractivity contribution is -0.145. The van der Waals surface area contributed by atoms with E-state index in [1.807, 2.05) is 24.3 Å². The van der Waals surface area contributed by atoms with E-state index < -0.39 is 53.5 Å². The van der Waals surface area contributed by atoms with Crippen LogP contribution in [0.2, 0.25) is 0 Å². The summed E-state index contributed by atoms with van der Waals surface area (Å²) in [5.41, 5.74) is 1.10. The number of thiazole rings is 1. The predicted octanol–water partition coefficient (Wildman–Crippen LogP) is 11.9. The summed E-state index contributed by atoms with van der Waals surface area (Å²) in [5, 5.41) is 7.08. The first-order valence-corrected chi connectivity index (χ1v) is 31.9. The van der Waals surface area contributed by atoms with Crippen LogP contribution in [-0.4, -0.2) is 119 Å². The minimum absolute atomic E-state index is 0.0809. The summed E-state index contributed by atoms with van der Waals surface area (Å²) < 4.78 is 62.6. The fraction of sp³-hybridized carbons (Fsp3) is 0.435.